The van der Waals surface area contributed by atoms with Crippen molar-refractivity contribution in [3.8, 4) is 11.5 Å². The minimum Gasteiger partial charge on any atom is -0.425 e. The van der Waals surface area contributed by atoms with E-state index in [9.17, 15) is 9.59 Å². The van der Waals surface area contributed by atoms with E-state index in [4.69, 9.17) is 9.47 Å². The molecule has 176 valence electrons. The monoisotopic (exact) mass is 448 g/mol. The highest BCUT2D eigenvalue weighted by atomic mass is 16.5. The lowest BCUT2D eigenvalue weighted by Crippen LogP contribution is -2.13. The predicted octanol–water partition coefficient (Wildman–Crippen LogP) is 7.63. The summed E-state index contributed by atoms with van der Waals surface area (Å²) < 4.78 is 11.9. The van der Waals surface area contributed by atoms with Gasteiger partial charge in [-0.15, -0.1) is 0 Å². The fourth-order valence-corrected chi connectivity index (χ4v) is 4.08. The van der Waals surface area contributed by atoms with E-state index in [0.717, 1.165) is 40.8 Å². The second-order valence-electron chi connectivity index (χ2n) is 9.68. The highest BCUT2D eigenvalue weighted by Crippen LogP contribution is 2.43. The molecule has 33 heavy (non-hydrogen) atoms. The van der Waals surface area contributed by atoms with Crippen molar-refractivity contribution in [1.29, 1.82) is 0 Å². The molecule has 4 heteroatoms. The fraction of sp³-hybridized carbons (Fsp3) is 0.448. The summed E-state index contributed by atoms with van der Waals surface area (Å²) >= 11 is 0. The third kappa shape index (κ3) is 6.34. The summed E-state index contributed by atoms with van der Waals surface area (Å²) in [7, 11) is 0. The van der Waals surface area contributed by atoms with Gasteiger partial charge in [0.15, 0.2) is 0 Å². The molecule has 0 aromatic heterocycles. The third-order valence-corrected chi connectivity index (χ3v) is 5.64. The fourth-order valence-electron chi connectivity index (χ4n) is 4.08. The summed E-state index contributed by atoms with van der Waals surface area (Å²) in [5.41, 5.74) is 1.19. The van der Waals surface area contributed by atoms with Crippen LogP contribution in [0.5, 0.6) is 11.5 Å². The Bertz CT molecular complexity index is 1130. The normalized spacial score (nSPS) is 11.5. The van der Waals surface area contributed by atoms with Crippen molar-refractivity contribution in [2.75, 3.05) is 0 Å². The minimum absolute atomic E-state index is 0.205. The first-order chi connectivity index (χ1) is 15.8. The Morgan fingerprint density at radius 1 is 0.727 bits per heavy atom. The number of carbonyl (C=O) groups is 2. The Kier molecular flexibility index (Phi) is 8.49. The van der Waals surface area contributed by atoms with Gasteiger partial charge in [-0.25, -0.2) is 0 Å². The van der Waals surface area contributed by atoms with Gasteiger partial charge >= 0.3 is 11.9 Å². The van der Waals surface area contributed by atoms with E-state index < -0.39 is 0 Å². The highest BCUT2D eigenvalue weighted by molar-refractivity contribution is 6.12. The number of rotatable bonds is 10. The zero-order chi connectivity index (χ0) is 24.0. The van der Waals surface area contributed by atoms with Crippen LogP contribution in [0.1, 0.15) is 72.3 Å². The molecule has 0 N–H and O–H groups in total. The van der Waals surface area contributed by atoms with Crippen LogP contribution >= 0.6 is 0 Å². The Balaban J connectivity index is 2.19. The van der Waals surface area contributed by atoms with Crippen molar-refractivity contribution < 1.29 is 19.1 Å². The number of esters is 2. The second-order valence-corrected chi connectivity index (χ2v) is 9.68. The largest absolute Gasteiger partial charge is 0.425 e. The first kappa shape index (κ1) is 24.8. The maximum atomic E-state index is 12.7. The molecule has 0 aliphatic heterocycles. The van der Waals surface area contributed by atoms with Crippen molar-refractivity contribution in [3.63, 3.8) is 0 Å². The minimum atomic E-state index is -0.256. The SMILES string of the molecule is CCCCCc1ccc2c(OC(=O)CC(C)C)c3ccccc3c(OC(=O)CC(C)C)c2c1. The van der Waals surface area contributed by atoms with E-state index in [1.165, 1.54) is 12.0 Å². The van der Waals surface area contributed by atoms with Crippen molar-refractivity contribution >= 4 is 33.5 Å². The van der Waals surface area contributed by atoms with Crippen LogP contribution in [0.25, 0.3) is 21.5 Å². The molecular weight excluding hydrogens is 412 g/mol. The summed E-state index contributed by atoms with van der Waals surface area (Å²) in [6.07, 6.45) is 5.08. The van der Waals surface area contributed by atoms with E-state index in [2.05, 4.69) is 19.1 Å². The number of benzene rings is 3. The van der Waals surface area contributed by atoms with Gasteiger partial charge in [-0.2, -0.15) is 0 Å². The van der Waals surface area contributed by atoms with Crippen LogP contribution in [0, 0.1) is 11.8 Å². The second kappa shape index (κ2) is 11.3. The molecule has 3 rings (SSSR count). The van der Waals surface area contributed by atoms with Gasteiger partial charge in [0.1, 0.15) is 11.5 Å². The molecule has 4 nitrogen and oxygen atoms in total. The molecule has 0 heterocycles. The molecule has 0 bridgehead atoms. The highest BCUT2D eigenvalue weighted by Gasteiger charge is 2.21. The molecule has 0 aliphatic carbocycles. The number of hydrogen-bond donors (Lipinski definition) is 0. The standard InChI is InChI=1S/C29H36O4/c1-6-7-8-11-21-14-15-24-25(18-21)29(33-27(31)17-20(4)5)23-13-10-9-12-22(23)28(24)32-26(30)16-19(2)3/h9-10,12-15,18-20H,6-8,11,16-17H2,1-5H3. The van der Waals surface area contributed by atoms with Gasteiger partial charge in [-0.3, -0.25) is 9.59 Å². The van der Waals surface area contributed by atoms with Crippen LogP contribution in [0.2, 0.25) is 0 Å². The lowest BCUT2D eigenvalue weighted by Gasteiger charge is -2.18. The first-order valence-electron chi connectivity index (χ1n) is 12.2. The smallest absolute Gasteiger partial charge is 0.311 e. The van der Waals surface area contributed by atoms with Gasteiger partial charge in [0.25, 0.3) is 0 Å². The molecule has 0 saturated heterocycles. The molecule has 3 aromatic rings. The Labute approximate surface area is 197 Å². The summed E-state index contributed by atoms with van der Waals surface area (Å²) in [5.74, 6) is 0.986. The average Bonchev–Trinajstić information content (AvgIpc) is 2.75. The zero-order valence-electron chi connectivity index (χ0n) is 20.6. The van der Waals surface area contributed by atoms with Gasteiger partial charge in [0, 0.05) is 34.4 Å². The number of fused-ring (bicyclic) bond motifs is 2. The van der Waals surface area contributed by atoms with Gasteiger partial charge in [-0.05, 0) is 36.3 Å². The van der Waals surface area contributed by atoms with Gasteiger partial charge < -0.3 is 9.47 Å². The van der Waals surface area contributed by atoms with Crippen LogP contribution in [-0.4, -0.2) is 11.9 Å². The molecule has 0 amide bonds. The van der Waals surface area contributed by atoms with Crippen LogP contribution in [0.4, 0.5) is 0 Å². The van der Waals surface area contributed by atoms with Crippen molar-refractivity contribution in [2.24, 2.45) is 11.8 Å². The Morgan fingerprint density at radius 2 is 1.24 bits per heavy atom. The van der Waals surface area contributed by atoms with Crippen LogP contribution in [0.3, 0.4) is 0 Å². The summed E-state index contributed by atoms with van der Waals surface area (Å²) in [6, 6.07) is 13.9. The Hall–Kier alpha value is -2.88. The van der Waals surface area contributed by atoms with Gasteiger partial charge in [-0.1, -0.05) is 83.9 Å². The molecule has 0 aliphatic rings. The summed E-state index contributed by atoms with van der Waals surface area (Å²) in [4.78, 5) is 25.3. The lowest BCUT2D eigenvalue weighted by atomic mass is 9.97. The zero-order valence-corrected chi connectivity index (χ0v) is 20.6. The van der Waals surface area contributed by atoms with Crippen LogP contribution in [0.15, 0.2) is 42.5 Å². The van der Waals surface area contributed by atoms with E-state index >= 15 is 0 Å². The maximum absolute atomic E-state index is 12.7. The number of ether oxygens (including phenoxy) is 2. The number of hydrogen-bond acceptors (Lipinski definition) is 4. The van der Waals surface area contributed by atoms with Gasteiger partial charge in [0.2, 0.25) is 0 Å². The van der Waals surface area contributed by atoms with Crippen LogP contribution in [-0.2, 0) is 16.0 Å². The molecule has 0 radical (unpaired) electrons. The van der Waals surface area contributed by atoms with E-state index in [1.54, 1.807) is 0 Å². The van der Waals surface area contributed by atoms with E-state index in [0.29, 0.717) is 24.3 Å². The summed E-state index contributed by atoms with van der Waals surface area (Å²) in [6.45, 7) is 10.2. The van der Waals surface area contributed by atoms with E-state index in [1.807, 2.05) is 58.0 Å². The maximum Gasteiger partial charge on any atom is 0.311 e. The number of carbonyl (C=O) groups excluding carboxylic acids is 2. The van der Waals surface area contributed by atoms with Gasteiger partial charge in [0.05, 0.1) is 0 Å². The van der Waals surface area contributed by atoms with E-state index in [-0.39, 0.29) is 23.8 Å². The van der Waals surface area contributed by atoms with Crippen molar-refractivity contribution in [1.82, 2.24) is 0 Å². The molecular formula is C29H36O4. The molecule has 0 spiro atoms. The third-order valence-electron chi connectivity index (χ3n) is 5.64. The molecule has 0 fully saturated rings. The molecule has 3 aromatic carbocycles. The average molecular weight is 449 g/mol. The molecule has 0 atom stereocenters. The molecule has 0 unspecified atom stereocenters. The topological polar surface area (TPSA) is 52.6 Å². The Morgan fingerprint density at radius 3 is 1.76 bits per heavy atom. The van der Waals surface area contributed by atoms with Crippen LogP contribution < -0.4 is 9.47 Å². The molecule has 0 saturated carbocycles. The number of aryl methyl sites for hydroxylation is 1. The number of unbranched alkanes of at least 4 members (excludes halogenated alkanes) is 2. The summed E-state index contributed by atoms with van der Waals surface area (Å²) in [5, 5.41) is 3.15. The predicted molar refractivity (Wildman–Crippen MR) is 135 cm³/mol. The first-order valence-corrected chi connectivity index (χ1v) is 12.2. The lowest BCUT2D eigenvalue weighted by molar-refractivity contribution is -0.136. The van der Waals surface area contributed by atoms with Crippen molar-refractivity contribution in [2.45, 2.75) is 73.1 Å². The van der Waals surface area contributed by atoms with Crippen molar-refractivity contribution in [3.05, 3.63) is 48.0 Å². The quantitative estimate of drug-likeness (QED) is 0.138.